The standard InChI is InChI=1S/C19H20N2O/c1-14-17(15-6-3-2-4-7-15)8-5-9-18(14)19(22)21-16-10-12-20-13-11-16/h2-9,20H,10-13H2,1H3. The van der Waals surface area contributed by atoms with Crippen molar-refractivity contribution in [2.24, 2.45) is 4.99 Å². The first-order chi connectivity index (χ1) is 10.8. The van der Waals surface area contributed by atoms with E-state index in [-0.39, 0.29) is 5.91 Å². The van der Waals surface area contributed by atoms with Crippen molar-refractivity contribution in [2.45, 2.75) is 19.8 Å². The van der Waals surface area contributed by atoms with E-state index in [4.69, 9.17) is 0 Å². The predicted molar refractivity (Wildman–Crippen MR) is 90.5 cm³/mol. The van der Waals surface area contributed by atoms with E-state index >= 15 is 0 Å². The molecule has 2 aromatic rings. The van der Waals surface area contributed by atoms with Crippen molar-refractivity contribution in [2.75, 3.05) is 13.1 Å². The van der Waals surface area contributed by atoms with Gasteiger partial charge in [-0.15, -0.1) is 0 Å². The summed E-state index contributed by atoms with van der Waals surface area (Å²) < 4.78 is 0. The van der Waals surface area contributed by atoms with Gasteiger partial charge in [0.25, 0.3) is 5.91 Å². The van der Waals surface area contributed by atoms with Gasteiger partial charge in [0.15, 0.2) is 0 Å². The summed E-state index contributed by atoms with van der Waals surface area (Å²) in [6.45, 7) is 3.82. The van der Waals surface area contributed by atoms with Crippen LogP contribution in [0.1, 0.15) is 28.8 Å². The van der Waals surface area contributed by atoms with Gasteiger partial charge in [0.1, 0.15) is 0 Å². The van der Waals surface area contributed by atoms with Gasteiger partial charge in [-0.2, -0.15) is 0 Å². The Hall–Kier alpha value is -2.26. The molecule has 3 nitrogen and oxygen atoms in total. The topological polar surface area (TPSA) is 41.5 Å². The van der Waals surface area contributed by atoms with Gasteiger partial charge in [-0.05, 0) is 42.5 Å². The number of carbonyl (C=O) groups is 1. The van der Waals surface area contributed by atoms with Gasteiger partial charge in [0, 0.05) is 24.4 Å². The maximum absolute atomic E-state index is 12.5. The molecule has 2 aromatic carbocycles. The average Bonchev–Trinajstić information content (AvgIpc) is 2.56. The van der Waals surface area contributed by atoms with Crippen LogP contribution in [-0.4, -0.2) is 24.7 Å². The monoisotopic (exact) mass is 292 g/mol. The van der Waals surface area contributed by atoms with E-state index in [1.54, 1.807) is 0 Å². The second-order valence-electron chi connectivity index (χ2n) is 5.58. The maximum Gasteiger partial charge on any atom is 0.277 e. The second-order valence-corrected chi connectivity index (χ2v) is 5.58. The quantitative estimate of drug-likeness (QED) is 0.918. The second kappa shape index (κ2) is 6.67. The van der Waals surface area contributed by atoms with Gasteiger partial charge in [-0.1, -0.05) is 42.5 Å². The third-order valence-corrected chi connectivity index (χ3v) is 4.09. The lowest BCUT2D eigenvalue weighted by atomic mass is 9.96. The molecule has 3 heteroatoms. The van der Waals surface area contributed by atoms with Gasteiger partial charge in [-0.25, -0.2) is 4.99 Å². The molecule has 0 spiro atoms. The number of rotatable bonds is 2. The van der Waals surface area contributed by atoms with Gasteiger partial charge >= 0.3 is 0 Å². The maximum atomic E-state index is 12.5. The molecule has 3 rings (SSSR count). The number of nitrogens with zero attached hydrogens (tertiary/aromatic N) is 1. The van der Waals surface area contributed by atoms with Crippen molar-refractivity contribution in [3.8, 4) is 11.1 Å². The molecule has 22 heavy (non-hydrogen) atoms. The number of amides is 1. The smallest absolute Gasteiger partial charge is 0.277 e. The van der Waals surface area contributed by atoms with Crippen molar-refractivity contribution in [1.29, 1.82) is 0 Å². The van der Waals surface area contributed by atoms with Gasteiger partial charge in [-0.3, -0.25) is 4.79 Å². The highest BCUT2D eigenvalue weighted by Crippen LogP contribution is 2.26. The van der Waals surface area contributed by atoms with Crippen LogP contribution in [0.4, 0.5) is 0 Å². The minimum atomic E-state index is -0.118. The van der Waals surface area contributed by atoms with Crippen LogP contribution >= 0.6 is 0 Å². The molecule has 1 N–H and O–H groups in total. The fourth-order valence-electron chi connectivity index (χ4n) is 2.83. The van der Waals surface area contributed by atoms with E-state index in [0.717, 1.165) is 48.3 Å². The van der Waals surface area contributed by atoms with E-state index in [2.05, 4.69) is 28.5 Å². The van der Waals surface area contributed by atoms with E-state index in [1.165, 1.54) is 0 Å². The number of aliphatic imine (C=N–C) groups is 1. The fraction of sp³-hybridized carbons (Fsp3) is 0.263. The Morgan fingerprint density at radius 1 is 1.00 bits per heavy atom. The third kappa shape index (κ3) is 3.15. The van der Waals surface area contributed by atoms with Crippen LogP contribution in [0.25, 0.3) is 11.1 Å². The summed E-state index contributed by atoms with van der Waals surface area (Å²) in [5.74, 6) is -0.118. The SMILES string of the molecule is Cc1c(C(=O)N=C2CCNCC2)cccc1-c1ccccc1. The molecule has 1 fully saturated rings. The molecule has 0 atom stereocenters. The van der Waals surface area contributed by atoms with Crippen LogP contribution in [0.15, 0.2) is 53.5 Å². The first-order valence-electron chi connectivity index (χ1n) is 7.72. The van der Waals surface area contributed by atoms with Gasteiger partial charge < -0.3 is 5.32 Å². The summed E-state index contributed by atoms with van der Waals surface area (Å²) in [4.78, 5) is 16.8. The Kier molecular flexibility index (Phi) is 4.45. The van der Waals surface area contributed by atoms with Crippen LogP contribution < -0.4 is 5.32 Å². The Balaban J connectivity index is 1.93. The largest absolute Gasteiger partial charge is 0.316 e. The number of piperidine rings is 1. The molecule has 0 radical (unpaired) electrons. The molecule has 0 unspecified atom stereocenters. The minimum Gasteiger partial charge on any atom is -0.316 e. The van der Waals surface area contributed by atoms with Crippen molar-refractivity contribution in [1.82, 2.24) is 5.32 Å². The number of benzene rings is 2. The lowest BCUT2D eigenvalue weighted by Gasteiger charge is -2.14. The molecule has 1 aliphatic rings. The summed E-state index contributed by atoms with van der Waals surface area (Å²) in [7, 11) is 0. The van der Waals surface area contributed by atoms with E-state index < -0.39 is 0 Å². The molecule has 1 aliphatic heterocycles. The first-order valence-corrected chi connectivity index (χ1v) is 7.72. The third-order valence-electron chi connectivity index (χ3n) is 4.09. The fourth-order valence-corrected chi connectivity index (χ4v) is 2.83. The van der Waals surface area contributed by atoms with E-state index in [9.17, 15) is 4.79 Å². The zero-order chi connectivity index (χ0) is 15.4. The Morgan fingerprint density at radius 3 is 2.45 bits per heavy atom. The van der Waals surface area contributed by atoms with Gasteiger partial charge in [0.2, 0.25) is 0 Å². The molecular formula is C19H20N2O. The Morgan fingerprint density at radius 2 is 1.73 bits per heavy atom. The molecule has 1 heterocycles. The predicted octanol–water partition coefficient (Wildman–Crippen LogP) is 3.63. The normalized spacial score (nSPS) is 14.7. The van der Waals surface area contributed by atoms with Crippen LogP contribution in [0.3, 0.4) is 0 Å². The highest BCUT2D eigenvalue weighted by atomic mass is 16.1. The Labute approximate surface area is 131 Å². The summed E-state index contributed by atoms with van der Waals surface area (Å²) in [6.07, 6.45) is 1.73. The minimum absolute atomic E-state index is 0.118. The Bertz CT molecular complexity index is 697. The summed E-state index contributed by atoms with van der Waals surface area (Å²) >= 11 is 0. The number of hydrogen-bond acceptors (Lipinski definition) is 2. The molecule has 1 saturated heterocycles. The van der Waals surface area contributed by atoms with Crippen molar-refractivity contribution < 1.29 is 4.79 Å². The molecule has 112 valence electrons. The zero-order valence-corrected chi connectivity index (χ0v) is 12.8. The van der Waals surface area contributed by atoms with Crippen LogP contribution in [0, 0.1) is 6.92 Å². The molecule has 0 aromatic heterocycles. The summed E-state index contributed by atoms with van der Waals surface area (Å²) in [5, 5.41) is 3.28. The average molecular weight is 292 g/mol. The zero-order valence-electron chi connectivity index (χ0n) is 12.8. The molecule has 0 bridgehead atoms. The molecule has 0 saturated carbocycles. The molecular weight excluding hydrogens is 272 g/mol. The lowest BCUT2D eigenvalue weighted by Crippen LogP contribution is -2.28. The van der Waals surface area contributed by atoms with Crippen LogP contribution in [-0.2, 0) is 0 Å². The first kappa shape index (κ1) is 14.7. The highest BCUT2D eigenvalue weighted by molar-refractivity contribution is 6.05. The molecule has 1 amide bonds. The summed E-state index contributed by atoms with van der Waals surface area (Å²) in [6, 6.07) is 16.0. The summed E-state index contributed by atoms with van der Waals surface area (Å²) in [5.41, 5.74) is 4.93. The lowest BCUT2D eigenvalue weighted by molar-refractivity contribution is 0.100. The van der Waals surface area contributed by atoms with Gasteiger partial charge in [0.05, 0.1) is 0 Å². The van der Waals surface area contributed by atoms with E-state index in [0.29, 0.717) is 5.56 Å². The van der Waals surface area contributed by atoms with E-state index in [1.807, 2.05) is 37.3 Å². The van der Waals surface area contributed by atoms with Crippen molar-refractivity contribution in [3.63, 3.8) is 0 Å². The number of hydrogen-bond donors (Lipinski definition) is 1. The van der Waals surface area contributed by atoms with Crippen molar-refractivity contribution in [3.05, 3.63) is 59.7 Å². The van der Waals surface area contributed by atoms with Crippen molar-refractivity contribution >= 4 is 11.6 Å². The van der Waals surface area contributed by atoms with Crippen LogP contribution in [0.5, 0.6) is 0 Å². The number of carbonyl (C=O) groups excluding carboxylic acids is 1. The molecule has 0 aliphatic carbocycles. The number of nitrogens with one attached hydrogen (secondary N) is 1. The van der Waals surface area contributed by atoms with Crippen LogP contribution in [0.2, 0.25) is 0 Å². The highest BCUT2D eigenvalue weighted by Gasteiger charge is 2.14.